The topological polar surface area (TPSA) is 60.8 Å². The second-order valence-corrected chi connectivity index (χ2v) is 6.43. The molecule has 2 heterocycles. The standard InChI is InChI=1S/C20H15ClN2O4/c1-26-23-18(11-20(25)27-13-6-3-2-4-7-13)17-10-14-15(21)8-5-9-16(14)22(17)19(23)12-24/h2-10,18H,11H2,1H3. The third kappa shape index (κ3) is 2.90. The third-order valence-corrected chi connectivity index (χ3v) is 4.82. The Morgan fingerprint density at radius 3 is 2.67 bits per heavy atom. The molecule has 0 spiro atoms. The normalized spacial score (nSPS) is 15.7. The first-order valence-electron chi connectivity index (χ1n) is 8.28. The monoisotopic (exact) mass is 382 g/mol. The van der Waals surface area contributed by atoms with Crippen LogP contribution in [-0.4, -0.2) is 28.7 Å². The van der Waals surface area contributed by atoms with Crippen molar-refractivity contribution in [1.82, 2.24) is 9.63 Å². The zero-order valence-electron chi connectivity index (χ0n) is 14.4. The molecule has 0 amide bonds. The van der Waals surface area contributed by atoms with Crippen LogP contribution in [0, 0.1) is 0 Å². The Bertz CT molecular complexity index is 1070. The average Bonchev–Trinajstić information content (AvgIpc) is 3.18. The van der Waals surface area contributed by atoms with Crippen LogP contribution >= 0.6 is 11.6 Å². The number of ether oxygens (including phenoxy) is 1. The molecule has 27 heavy (non-hydrogen) atoms. The van der Waals surface area contributed by atoms with E-state index < -0.39 is 12.0 Å². The zero-order valence-corrected chi connectivity index (χ0v) is 15.1. The summed E-state index contributed by atoms with van der Waals surface area (Å²) >= 11 is 6.29. The molecule has 2 aromatic carbocycles. The van der Waals surface area contributed by atoms with Gasteiger partial charge < -0.3 is 4.74 Å². The van der Waals surface area contributed by atoms with Crippen LogP contribution in [0.25, 0.3) is 16.7 Å². The first-order valence-corrected chi connectivity index (χ1v) is 8.66. The highest BCUT2D eigenvalue weighted by Crippen LogP contribution is 2.42. The molecule has 0 aliphatic carbocycles. The van der Waals surface area contributed by atoms with Crippen molar-refractivity contribution in [2.24, 2.45) is 0 Å². The van der Waals surface area contributed by atoms with Gasteiger partial charge in [-0.3, -0.25) is 14.2 Å². The number of aromatic nitrogens is 1. The van der Waals surface area contributed by atoms with Crippen molar-refractivity contribution in [3.05, 3.63) is 65.3 Å². The molecular formula is C20H15ClN2O4. The fraction of sp³-hybridized carbons (Fsp3) is 0.150. The van der Waals surface area contributed by atoms with E-state index in [1.54, 1.807) is 41.0 Å². The van der Waals surface area contributed by atoms with Crippen LogP contribution in [0.15, 0.2) is 54.6 Å². The number of carbonyl (C=O) groups excluding carboxylic acids is 2. The predicted octanol–water partition coefficient (Wildman–Crippen LogP) is 3.84. The number of rotatable bonds is 4. The maximum atomic E-state index is 12.5. The highest BCUT2D eigenvalue weighted by Gasteiger charge is 2.39. The van der Waals surface area contributed by atoms with Crippen molar-refractivity contribution >= 4 is 40.2 Å². The van der Waals surface area contributed by atoms with E-state index in [4.69, 9.17) is 21.2 Å². The van der Waals surface area contributed by atoms with E-state index in [1.807, 2.05) is 24.1 Å². The minimum Gasteiger partial charge on any atom is -0.426 e. The summed E-state index contributed by atoms with van der Waals surface area (Å²) in [6, 6.07) is 15.6. The van der Waals surface area contributed by atoms with E-state index in [0.29, 0.717) is 16.5 Å². The lowest BCUT2D eigenvalue weighted by atomic mass is 10.1. The molecule has 7 heteroatoms. The second-order valence-electron chi connectivity index (χ2n) is 6.02. The summed E-state index contributed by atoms with van der Waals surface area (Å²) in [5.74, 6) is 2.09. The van der Waals surface area contributed by atoms with Gasteiger partial charge in [0.1, 0.15) is 11.8 Å². The van der Waals surface area contributed by atoms with E-state index in [1.165, 1.54) is 12.2 Å². The molecule has 1 aromatic heterocycles. The van der Waals surface area contributed by atoms with Crippen LogP contribution < -0.4 is 4.74 Å². The summed E-state index contributed by atoms with van der Waals surface area (Å²) in [7, 11) is 1.44. The van der Waals surface area contributed by atoms with Gasteiger partial charge in [-0.05, 0) is 30.3 Å². The quantitative estimate of drug-likeness (QED) is 0.390. The van der Waals surface area contributed by atoms with Gasteiger partial charge in [0.05, 0.1) is 24.7 Å². The minimum atomic E-state index is -0.536. The van der Waals surface area contributed by atoms with Crippen molar-refractivity contribution in [2.45, 2.75) is 12.5 Å². The molecular weight excluding hydrogens is 368 g/mol. The highest BCUT2D eigenvalue weighted by atomic mass is 35.5. The van der Waals surface area contributed by atoms with Crippen molar-refractivity contribution in [1.29, 1.82) is 0 Å². The lowest BCUT2D eigenvalue weighted by molar-refractivity contribution is -0.143. The molecule has 6 nitrogen and oxygen atoms in total. The summed E-state index contributed by atoms with van der Waals surface area (Å²) in [6.07, 6.45) is -0.0120. The molecule has 1 unspecified atom stereocenters. The fourth-order valence-electron chi connectivity index (χ4n) is 3.37. The molecule has 0 fully saturated rings. The fourth-order valence-corrected chi connectivity index (χ4v) is 3.60. The van der Waals surface area contributed by atoms with Crippen molar-refractivity contribution in [2.75, 3.05) is 7.11 Å². The number of esters is 1. The number of hydrogen-bond donors (Lipinski definition) is 0. The molecule has 1 atom stereocenters. The molecule has 0 saturated carbocycles. The summed E-state index contributed by atoms with van der Waals surface area (Å²) in [5, 5.41) is 2.72. The Labute approximate surface area is 160 Å². The summed E-state index contributed by atoms with van der Waals surface area (Å²) < 4.78 is 7.09. The number of hydrogen-bond acceptors (Lipinski definition) is 5. The first kappa shape index (κ1) is 17.4. The summed E-state index contributed by atoms with van der Waals surface area (Å²) in [4.78, 5) is 29.5. The SMILES string of the molecule is CON1C(=C=O)n2c(cc3c(Cl)cccc32)C1CC(=O)Oc1ccccc1. The number of benzene rings is 2. The maximum Gasteiger partial charge on any atom is 0.313 e. The predicted molar refractivity (Wildman–Crippen MR) is 101 cm³/mol. The van der Waals surface area contributed by atoms with Gasteiger partial charge in [-0.15, -0.1) is 0 Å². The van der Waals surface area contributed by atoms with E-state index in [0.717, 1.165) is 10.9 Å². The van der Waals surface area contributed by atoms with Crippen LogP contribution in [0.1, 0.15) is 18.2 Å². The van der Waals surface area contributed by atoms with E-state index in [-0.39, 0.29) is 12.2 Å². The zero-order chi connectivity index (χ0) is 19.0. The average molecular weight is 383 g/mol. The lowest BCUT2D eigenvalue weighted by Crippen LogP contribution is -2.25. The lowest BCUT2D eigenvalue weighted by Gasteiger charge is -2.22. The Hall–Kier alpha value is -3.05. The molecule has 4 rings (SSSR count). The number of halogens is 1. The highest BCUT2D eigenvalue weighted by molar-refractivity contribution is 6.35. The molecule has 1 aliphatic heterocycles. The number of nitrogens with zero attached hydrogens (tertiary/aromatic N) is 2. The van der Waals surface area contributed by atoms with Gasteiger partial charge in [0.15, 0.2) is 5.94 Å². The number of carbonyl (C=O) groups is 1. The molecule has 3 aromatic rings. The van der Waals surface area contributed by atoms with Gasteiger partial charge in [0.2, 0.25) is 5.82 Å². The van der Waals surface area contributed by atoms with Crippen LogP contribution in [0.5, 0.6) is 5.75 Å². The molecule has 0 bridgehead atoms. The number of para-hydroxylation sites is 1. The Balaban J connectivity index is 1.72. The summed E-state index contributed by atoms with van der Waals surface area (Å²) in [5.41, 5.74) is 1.46. The molecule has 1 aliphatic rings. The van der Waals surface area contributed by atoms with Gasteiger partial charge in [-0.1, -0.05) is 35.9 Å². The number of hydroxylamine groups is 2. The first-order chi connectivity index (χ1) is 13.1. The second kappa shape index (κ2) is 6.93. The van der Waals surface area contributed by atoms with Crippen LogP contribution in [-0.2, 0) is 14.4 Å². The Morgan fingerprint density at radius 2 is 1.96 bits per heavy atom. The van der Waals surface area contributed by atoms with Gasteiger partial charge >= 0.3 is 5.97 Å². The van der Waals surface area contributed by atoms with Crippen LogP contribution in [0.3, 0.4) is 0 Å². The minimum absolute atomic E-state index is 0.0120. The van der Waals surface area contributed by atoms with Crippen LogP contribution in [0.2, 0.25) is 5.02 Å². The van der Waals surface area contributed by atoms with Gasteiger partial charge in [0, 0.05) is 10.4 Å². The van der Waals surface area contributed by atoms with E-state index in [9.17, 15) is 9.59 Å². The van der Waals surface area contributed by atoms with Crippen molar-refractivity contribution in [3.63, 3.8) is 0 Å². The molecule has 0 radical (unpaired) electrons. The van der Waals surface area contributed by atoms with Gasteiger partial charge in [-0.25, -0.2) is 9.86 Å². The van der Waals surface area contributed by atoms with E-state index in [2.05, 4.69) is 0 Å². The van der Waals surface area contributed by atoms with Crippen molar-refractivity contribution in [3.8, 4) is 5.75 Å². The largest absolute Gasteiger partial charge is 0.426 e. The maximum absolute atomic E-state index is 12.5. The van der Waals surface area contributed by atoms with Crippen molar-refractivity contribution < 1.29 is 19.2 Å². The smallest absolute Gasteiger partial charge is 0.313 e. The Morgan fingerprint density at radius 1 is 1.19 bits per heavy atom. The Kier molecular flexibility index (Phi) is 4.46. The van der Waals surface area contributed by atoms with Gasteiger partial charge in [0.25, 0.3) is 0 Å². The molecule has 0 saturated heterocycles. The van der Waals surface area contributed by atoms with Gasteiger partial charge in [-0.2, -0.15) is 0 Å². The number of fused-ring (bicyclic) bond motifs is 3. The van der Waals surface area contributed by atoms with Crippen LogP contribution in [0.4, 0.5) is 0 Å². The third-order valence-electron chi connectivity index (χ3n) is 4.49. The summed E-state index contributed by atoms with van der Waals surface area (Å²) in [6.45, 7) is 0. The van der Waals surface area contributed by atoms with E-state index >= 15 is 0 Å². The molecule has 136 valence electrons. The molecule has 0 N–H and O–H groups in total.